The highest BCUT2D eigenvalue weighted by atomic mass is 16.6. The topological polar surface area (TPSA) is 102 Å². The summed E-state index contributed by atoms with van der Waals surface area (Å²) in [6.07, 6.45) is 38.2. The van der Waals surface area contributed by atoms with Gasteiger partial charge in [0, 0.05) is 19.3 Å². The summed E-state index contributed by atoms with van der Waals surface area (Å²) in [6.45, 7) is 4.41. The smallest absolute Gasteiger partial charge is 0.306 e. The summed E-state index contributed by atoms with van der Waals surface area (Å²) in [5.74, 6) is -1.80. The third-order valence-corrected chi connectivity index (χ3v) is 8.23. The number of esters is 2. The molecule has 8 heteroatoms. The number of hydrogen-bond donors (Lipinski definition) is 0. The molecule has 0 spiro atoms. The Labute approximate surface area is 305 Å². The van der Waals surface area contributed by atoms with Crippen LogP contribution >= 0.6 is 0 Å². The summed E-state index contributed by atoms with van der Waals surface area (Å²) >= 11 is 0. The number of carbonyl (C=O) groups excluding carboxylic acids is 3. The molecule has 0 radical (unpaired) electrons. The lowest BCUT2D eigenvalue weighted by molar-refractivity contribution is -0.889. The first kappa shape index (κ1) is 47.0. The van der Waals surface area contributed by atoms with E-state index in [0.29, 0.717) is 6.42 Å². The molecule has 0 aromatic rings. The molecule has 0 fully saturated rings. The zero-order valence-electron chi connectivity index (χ0n) is 32.3. The number of rotatable bonds is 33. The maximum absolute atomic E-state index is 12.6. The molecule has 0 aromatic heterocycles. The summed E-state index contributed by atoms with van der Waals surface area (Å²) in [4.78, 5) is 36.6. The molecule has 0 bridgehead atoms. The van der Waals surface area contributed by atoms with E-state index >= 15 is 0 Å². The van der Waals surface area contributed by atoms with Gasteiger partial charge in [0.2, 0.25) is 0 Å². The van der Waals surface area contributed by atoms with Crippen molar-refractivity contribution in [2.24, 2.45) is 0 Å². The van der Waals surface area contributed by atoms with Crippen LogP contribution in [-0.2, 0) is 28.6 Å². The van der Waals surface area contributed by atoms with E-state index in [2.05, 4.69) is 74.6 Å². The second kappa shape index (κ2) is 33.2. The third kappa shape index (κ3) is 31.0. The highest BCUT2D eigenvalue weighted by Gasteiger charge is 2.25. The fraction of sp³-hybridized carbons (Fsp3) is 0.690. The number of quaternary nitrogens is 1. The molecule has 0 aliphatic rings. The first-order valence-electron chi connectivity index (χ1n) is 19.4. The first-order valence-corrected chi connectivity index (χ1v) is 19.4. The average Bonchev–Trinajstić information content (AvgIpc) is 3.06. The third-order valence-electron chi connectivity index (χ3n) is 8.23. The van der Waals surface area contributed by atoms with Gasteiger partial charge in [0.05, 0.1) is 40.3 Å². The molecule has 0 amide bonds. The molecule has 0 rings (SSSR count). The SMILES string of the molecule is CC/C=C/C=C/C=C/CCCCCCCCCC(=O)OCC(COCCC(C(=O)[O-])[N+](C)(C)C)OC(=O)CCCCC/C=C/C=C/CCCC. The van der Waals surface area contributed by atoms with Crippen LogP contribution in [0.3, 0.4) is 0 Å². The molecule has 0 N–H and O–H groups in total. The molecular formula is C42H71NO7. The quantitative estimate of drug-likeness (QED) is 0.0293. The molecule has 0 saturated carbocycles. The predicted octanol–water partition coefficient (Wildman–Crippen LogP) is 8.52. The lowest BCUT2D eigenvalue weighted by atomic mass is 10.1. The number of nitrogens with zero attached hydrogens (tertiary/aromatic N) is 1. The Kier molecular flexibility index (Phi) is 31.2. The van der Waals surface area contributed by atoms with Crippen molar-refractivity contribution < 1.29 is 38.2 Å². The molecule has 0 aliphatic carbocycles. The van der Waals surface area contributed by atoms with Gasteiger partial charge >= 0.3 is 11.9 Å². The minimum absolute atomic E-state index is 0.0231. The maximum atomic E-state index is 12.6. The van der Waals surface area contributed by atoms with Gasteiger partial charge in [-0.25, -0.2) is 0 Å². The van der Waals surface area contributed by atoms with Gasteiger partial charge in [0.15, 0.2) is 6.10 Å². The Morgan fingerprint density at radius 2 is 1.12 bits per heavy atom. The molecule has 0 heterocycles. The van der Waals surface area contributed by atoms with Crippen LogP contribution in [0.25, 0.3) is 0 Å². The normalized spacial score (nSPS) is 13.7. The molecule has 2 unspecified atom stereocenters. The monoisotopic (exact) mass is 702 g/mol. The minimum atomic E-state index is -1.13. The summed E-state index contributed by atoms with van der Waals surface area (Å²) in [5, 5.41) is 11.6. The van der Waals surface area contributed by atoms with Gasteiger partial charge in [-0.05, 0) is 51.4 Å². The van der Waals surface area contributed by atoms with Crippen LogP contribution in [0, 0.1) is 0 Å². The Morgan fingerprint density at radius 3 is 1.68 bits per heavy atom. The number of unbranched alkanes of at least 4 members (excludes halogenated alkanes) is 12. The number of hydrogen-bond acceptors (Lipinski definition) is 7. The van der Waals surface area contributed by atoms with E-state index in [9.17, 15) is 19.5 Å². The van der Waals surface area contributed by atoms with Crippen LogP contribution in [0.5, 0.6) is 0 Å². The van der Waals surface area contributed by atoms with E-state index in [4.69, 9.17) is 14.2 Å². The van der Waals surface area contributed by atoms with Crippen molar-refractivity contribution in [3.05, 3.63) is 60.8 Å². The van der Waals surface area contributed by atoms with Crippen molar-refractivity contribution in [1.82, 2.24) is 0 Å². The van der Waals surface area contributed by atoms with Crippen molar-refractivity contribution in [2.75, 3.05) is 41.0 Å². The summed E-state index contributed by atoms with van der Waals surface area (Å²) in [7, 11) is 5.37. The Morgan fingerprint density at radius 1 is 0.620 bits per heavy atom. The van der Waals surface area contributed by atoms with Crippen LogP contribution in [0.2, 0.25) is 0 Å². The number of likely N-dealkylation sites (N-methyl/N-ethyl adjacent to an activating group) is 1. The largest absolute Gasteiger partial charge is 0.544 e. The summed E-state index contributed by atoms with van der Waals surface area (Å²) in [6, 6.07) is -0.733. The van der Waals surface area contributed by atoms with E-state index < -0.39 is 18.1 Å². The first-order chi connectivity index (χ1) is 24.1. The van der Waals surface area contributed by atoms with Crippen LogP contribution in [-0.4, -0.2) is 75.5 Å². The average molecular weight is 702 g/mol. The Balaban J connectivity index is 4.46. The zero-order valence-corrected chi connectivity index (χ0v) is 32.3. The molecule has 2 atom stereocenters. The molecule has 286 valence electrons. The van der Waals surface area contributed by atoms with E-state index in [-0.39, 0.29) is 49.1 Å². The molecule has 0 aromatic carbocycles. The lowest BCUT2D eigenvalue weighted by Gasteiger charge is -2.34. The van der Waals surface area contributed by atoms with Crippen molar-refractivity contribution in [1.29, 1.82) is 0 Å². The van der Waals surface area contributed by atoms with Gasteiger partial charge in [0.25, 0.3) is 0 Å². The number of ether oxygens (including phenoxy) is 3. The van der Waals surface area contributed by atoms with Crippen molar-refractivity contribution in [3.8, 4) is 0 Å². The van der Waals surface area contributed by atoms with Gasteiger partial charge in [-0.15, -0.1) is 0 Å². The molecule has 50 heavy (non-hydrogen) atoms. The molecule has 0 saturated heterocycles. The predicted molar refractivity (Wildman–Crippen MR) is 203 cm³/mol. The van der Waals surface area contributed by atoms with Crippen molar-refractivity contribution in [2.45, 2.75) is 148 Å². The van der Waals surface area contributed by atoms with Gasteiger partial charge < -0.3 is 28.6 Å². The van der Waals surface area contributed by atoms with E-state index in [1.165, 1.54) is 32.1 Å². The highest BCUT2D eigenvalue weighted by Crippen LogP contribution is 2.12. The highest BCUT2D eigenvalue weighted by molar-refractivity contribution is 5.70. The maximum Gasteiger partial charge on any atom is 0.306 e. The van der Waals surface area contributed by atoms with Crippen LogP contribution in [0.15, 0.2) is 60.8 Å². The lowest BCUT2D eigenvalue weighted by Crippen LogP contribution is -2.55. The fourth-order valence-corrected chi connectivity index (χ4v) is 5.16. The number of carbonyl (C=O) groups is 3. The molecule has 8 nitrogen and oxygen atoms in total. The Bertz CT molecular complexity index is 1010. The van der Waals surface area contributed by atoms with Crippen LogP contribution in [0.4, 0.5) is 0 Å². The van der Waals surface area contributed by atoms with E-state index in [1.54, 1.807) is 21.1 Å². The standard InChI is InChI=1S/C42H71NO7/c1-6-8-10-12-14-16-18-19-20-21-23-24-26-28-30-32-40(44)49-37-38(36-48-35-34-39(42(46)47)43(3,4)5)50-41(45)33-31-29-27-25-22-17-15-13-11-9-7-2/h8,10,12-18,22,38-39H,6-7,9,11,19-21,23-37H2,1-5H3/b10-8+,14-12+,15-13+,18-16+,22-17+. The van der Waals surface area contributed by atoms with Crippen LogP contribution in [0.1, 0.15) is 136 Å². The van der Waals surface area contributed by atoms with Crippen molar-refractivity contribution in [3.63, 3.8) is 0 Å². The number of carboxylic acids is 1. The summed E-state index contributed by atoms with van der Waals surface area (Å²) < 4.78 is 17.0. The van der Waals surface area contributed by atoms with Gasteiger partial charge in [-0.2, -0.15) is 0 Å². The summed E-state index contributed by atoms with van der Waals surface area (Å²) in [5.41, 5.74) is 0. The fourth-order valence-electron chi connectivity index (χ4n) is 5.16. The second-order valence-corrected chi connectivity index (χ2v) is 13.9. The van der Waals surface area contributed by atoms with Gasteiger partial charge in [-0.3, -0.25) is 9.59 Å². The minimum Gasteiger partial charge on any atom is -0.544 e. The van der Waals surface area contributed by atoms with Gasteiger partial charge in [-0.1, -0.05) is 126 Å². The molecule has 0 aliphatic heterocycles. The number of allylic oxidation sites excluding steroid dienone is 10. The zero-order chi connectivity index (χ0) is 37.1. The van der Waals surface area contributed by atoms with Crippen LogP contribution < -0.4 is 5.11 Å². The van der Waals surface area contributed by atoms with E-state index in [1.807, 2.05) is 0 Å². The molecular weight excluding hydrogens is 630 g/mol. The van der Waals surface area contributed by atoms with Crippen molar-refractivity contribution >= 4 is 17.9 Å². The van der Waals surface area contributed by atoms with Gasteiger partial charge in [0.1, 0.15) is 12.6 Å². The number of carboxylic acid groups (broad SMARTS) is 1. The Hall–Kier alpha value is -2.97. The number of aliphatic carboxylic acids is 1. The van der Waals surface area contributed by atoms with E-state index in [0.717, 1.165) is 70.6 Å². The second-order valence-electron chi connectivity index (χ2n) is 13.9.